The summed E-state index contributed by atoms with van der Waals surface area (Å²) in [5.41, 5.74) is 3.46. The summed E-state index contributed by atoms with van der Waals surface area (Å²) in [6.07, 6.45) is 10.5. The number of hydrogen-bond acceptors (Lipinski definition) is 8. The minimum absolute atomic E-state index is 0.00622. The zero-order chi connectivity index (χ0) is 20.3. The largest absolute Gasteiger partial charge is 0.357 e. The molecule has 4 heterocycles. The molecule has 1 aliphatic heterocycles. The van der Waals surface area contributed by atoms with Crippen LogP contribution in [0.1, 0.15) is 31.4 Å². The highest BCUT2D eigenvalue weighted by Gasteiger charge is 2.54. The van der Waals surface area contributed by atoms with E-state index < -0.39 is 0 Å². The molecule has 2 atom stereocenters. The maximum atomic E-state index is 8.84. The Labute approximate surface area is 173 Å². The Bertz CT molecular complexity index is 1140. The lowest BCUT2D eigenvalue weighted by molar-refractivity contribution is 0.232. The summed E-state index contributed by atoms with van der Waals surface area (Å²) in [5, 5.41) is 16.6. The molecular formula is C21H22N8O. The molecule has 0 bridgehead atoms. The molecule has 0 radical (unpaired) electrons. The summed E-state index contributed by atoms with van der Waals surface area (Å²) in [5.74, 6) is 0.903. The van der Waals surface area contributed by atoms with Crippen molar-refractivity contribution in [2.24, 2.45) is 5.41 Å². The number of epoxide rings is 1. The number of hydrogen-bond donors (Lipinski definition) is 1. The molecule has 30 heavy (non-hydrogen) atoms. The van der Waals surface area contributed by atoms with Crippen LogP contribution >= 0.6 is 0 Å². The maximum Gasteiger partial charge on any atom is 0.179 e. The number of nitriles is 1. The molecule has 152 valence electrons. The standard InChI is InChI=1S/C21H22N8O/c1-28(15-6-21(7-15)4-5-21)18-11-24-16-10-25-29(19(16)27-18)12-17-20(30-17)26-14-3-2-13(8-22)23-9-14/h2-3,9-11,15,17,20,26H,4-7,12H2,1H3. The lowest BCUT2D eigenvalue weighted by atomic mass is 9.76. The predicted molar refractivity (Wildman–Crippen MR) is 110 cm³/mol. The Hall–Kier alpha value is -3.25. The van der Waals surface area contributed by atoms with Gasteiger partial charge in [-0.3, -0.25) is 0 Å². The highest BCUT2D eigenvalue weighted by Crippen LogP contribution is 2.61. The van der Waals surface area contributed by atoms with E-state index in [0.29, 0.717) is 23.7 Å². The van der Waals surface area contributed by atoms with Crippen molar-refractivity contribution >= 4 is 22.7 Å². The summed E-state index contributed by atoms with van der Waals surface area (Å²) < 4.78 is 7.62. The van der Waals surface area contributed by atoms with Gasteiger partial charge in [0.05, 0.1) is 30.8 Å². The predicted octanol–water partition coefficient (Wildman–Crippen LogP) is 2.31. The van der Waals surface area contributed by atoms with Crippen LogP contribution in [0.3, 0.4) is 0 Å². The van der Waals surface area contributed by atoms with E-state index in [1.54, 1.807) is 18.5 Å². The minimum Gasteiger partial charge on any atom is -0.357 e. The molecule has 2 aliphatic carbocycles. The Morgan fingerprint density at radius 3 is 2.87 bits per heavy atom. The number of aromatic nitrogens is 5. The second kappa shape index (κ2) is 6.37. The van der Waals surface area contributed by atoms with E-state index in [9.17, 15) is 0 Å². The Morgan fingerprint density at radius 2 is 2.13 bits per heavy atom. The van der Waals surface area contributed by atoms with E-state index in [4.69, 9.17) is 15.0 Å². The van der Waals surface area contributed by atoms with Crippen LogP contribution in [0.5, 0.6) is 0 Å². The zero-order valence-corrected chi connectivity index (χ0v) is 16.7. The van der Waals surface area contributed by atoms with Crippen LogP contribution in [0.4, 0.5) is 11.5 Å². The molecule has 3 aromatic rings. The van der Waals surface area contributed by atoms with Crippen LogP contribution in [0.25, 0.3) is 11.2 Å². The first-order valence-electron chi connectivity index (χ1n) is 10.3. The minimum atomic E-state index is -0.109. The van der Waals surface area contributed by atoms with Crippen LogP contribution in [-0.4, -0.2) is 50.2 Å². The van der Waals surface area contributed by atoms with Gasteiger partial charge in [0.1, 0.15) is 29.2 Å². The lowest BCUT2D eigenvalue weighted by Crippen LogP contribution is -2.44. The Morgan fingerprint density at radius 1 is 1.27 bits per heavy atom. The van der Waals surface area contributed by atoms with E-state index >= 15 is 0 Å². The van der Waals surface area contributed by atoms with Gasteiger partial charge in [0.25, 0.3) is 0 Å². The molecule has 9 nitrogen and oxygen atoms in total. The molecule has 3 fully saturated rings. The van der Waals surface area contributed by atoms with E-state index in [1.165, 1.54) is 25.7 Å². The van der Waals surface area contributed by atoms with Crippen molar-refractivity contribution in [3.05, 3.63) is 36.4 Å². The maximum absolute atomic E-state index is 8.84. The molecule has 1 saturated heterocycles. The van der Waals surface area contributed by atoms with Crippen molar-refractivity contribution in [1.29, 1.82) is 5.26 Å². The van der Waals surface area contributed by atoms with Crippen LogP contribution in [0, 0.1) is 16.7 Å². The fourth-order valence-electron chi connectivity index (χ4n) is 4.42. The van der Waals surface area contributed by atoms with Gasteiger partial charge in [0.15, 0.2) is 11.9 Å². The third kappa shape index (κ3) is 3.04. The van der Waals surface area contributed by atoms with Gasteiger partial charge in [0.2, 0.25) is 0 Å². The quantitative estimate of drug-likeness (QED) is 0.626. The van der Waals surface area contributed by atoms with Crippen LogP contribution < -0.4 is 10.2 Å². The summed E-state index contributed by atoms with van der Waals surface area (Å²) in [7, 11) is 2.12. The van der Waals surface area contributed by atoms with Crippen molar-refractivity contribution in [2.45, 2.75) is 50.6 Å². The number of rotatable bonds is 6. The molecule has 0 aromatic carbocycles. The zero-order valence-electron chi connectivity index (χ0n) is 16.7. The van der Waals surface area contributed by atoms with Gasteiger partial charge in [-0.05, 0) is 43.2 Å². The molecule has 2 unspecified atom stereocenters. The fraction of sp³-hybridized carbons (Fsp3) is 0.476. The molecule has 0 amide bonds. The number of ether oxygens (including phenoxy) is 1. The van der Waals surface area contributed by atoms with Crippen molar-refractivity contribution in [2.75, 3.05) is 17.3 Å². The second-order valence-corrected chi connectivity index (χ2v) is 8.72. The molecule has 3 aromatic heterocycles. The molecule has 3 aliphatic rings. The second-order valence-electron chi connectivity index (χ2n) is 8.72. The molecule has 6 rings (SSSR count). The van der Waals surface area contributed by atoms with Gasteiger partial charge >= 0.3 is 0 Å². The highest BCUT2D eigenvalue weighted by atomic mass is 16.6. The fourth-order valence-corrected chi connectivity index (χ4v) is 4.42. The average Bonchev–Trinajstić information content (AvgIpc) is 3.65. The van der Waals surface area contributed by atoms with Crippen LogP contribution in [-0.2, 0) is 11.3 Å². The third-order valence-corrected chi connectivity index (χ3v) is 6.66. The van der Waals surface area contributed by atoms with Gasteiger partial charge in [-0.25, -0.2) is 19.6 Å². The van der Waals surface area contributed by atoms with Crippen molar-refractivity contribution in [1.82, 2.24) is 24.7 Å². The summed E-state index contributed by atoms with van der Waals surface area (Å²) in [6, 6.07) is 6.09. The lowest BCUT2D eigenvalue weighted by Gasteiger charge is -2.42. The molecule has 2 saturated carbocycles. The van der Waals surface area contributed by atoms with Gasteiger partial charge in [-0.1, -0.05) is 0 Å². The van der Waals surface area contributed by atoms with E-state index in [2.05, 4.69) is 32.3 Å². The van der Waals surface area contributed by atoms with Crippen molar-refractivity contribution in [3.63, 3.8) is 0 Å². The molecule has 1 spiro atoms. The number of anilines is 2. The summed E-state index contributed by atoms with van der Waals surface area (Å²) in [6.45, 7) is 0.596. The van der Waals surface area contributed by atoms with E-state index in [1.807, 2.05) is 23.0 Å². The van der Waals surface area contributed by atoms with Crippen LogP contribution in [0.2, 0.25) is 0 Å². The van der Waals surface area contributed by atoms with Crippen molar-refractivity contribution < 1.29 is 4.74 Å². The van der Waals surface area contributed by atoms with Gasteiger partial charge in [-0.2, -0.15) is 10.4 Å². The van der Waals surface area contributed by atoms with Crippen LogP contribution in [0.15, 0.2) is 30.7 Å². The Balaban J connectivity index is 1.13. The average molecular weight is 402 g/mol. The van der Waals surface area contributed by atoms with E-state index in [0.717, 1.165) is 22.7 Å². The number of nitrogens with zero attached hydrogens (tertiary/aromatic N) is 7. The molecule has 9 heteroatoms. The topological polar surface area (TPSA) is 108 Å². The van der Waals surface area contributed by atoms with Crippen molar-refractivity contribution in [3.8, 4) is 6.07 Å². The third-order valence-electron chi connectivity index (χ3n) is 6.66. The number of pyridine rings is 1. The number of fused-ring (bicyclic) bond motifs is 1. The SMILES string of the molecule is CN(c1cnc2cnn(CC3OC3Nc3ccc(C#N)nc3)c2n1)C1CC2(CC2)C1. The monoisotopic (exact) mass is 402 g/mol. The smallest absolute Gasteiger partial charge is 0.179 e. The molecular weight excluding hydrogens is 380 g/mol. The first-order valence-corrected chi connectivity index (χ1v) is 10.3. The van der Waals surface area contributed by atoms with Gasteiger partial charge in [0, 0.05) is 13.1 Å². The summed E-state index contributed by atoms with van der Waals surface area (Å²) in [4.78, 5) is 15.8. The summed E-state index contributed by atoms with van der Waals surface area (Å²) >= 11 is 0. The van der Waals surface area contributed by atoms with Gasteiger partial charge in [-0.15, -0.1) is 0 Å². The highest BCUT2D eigenvalue weighted by molar-refractivity contribution is 5.71. The first-order chi connectivity index (χ1) is 14.6. The Kier molecular flexibility index (Phi) is 3.74. The van der Waals surface area contributed by atoms with Gasteiger partial charge < -0.3 is 15.0 Å². The number of nitrogens with one attached hydrogen (secondary N) is 1. The first kappa shape index (κ1) is 17.6. The molecule has 1 N–H and O–H groups in total. The van der Waals surface area contributed by atoms with E-state index in [-0.39, 0.29) is 12.3 Å². The normalized spacial score (nSPS) is 23.7.